The quantitative estimate of drug-likeness (QED) is 0.869. The molecule has 0 amide bonds. The van der Waals surface area contributed by atoms with E-state index in [1.165, 1.54) is 36.8 Å². The van der Waals surface area contributed by atoms with E-state index in [1.807, 2.05) is 0 Å². The minimum Gasteiger partial charge on any atom is -0.374 e. The zero-order valence-corrected chi connectivity index (χ0v) is 12.5. The average Bonchev–Trinajstić information content (AvgIpc) is 2.46. The Morgan fingerprint density at radius 2 is 1.74 bits per heavy atom. The summed E-state index contributed by atoms with van der Waals surface area (Å²) < 4.78 is 6.03. The summed E-state index contributed by atoms with van der Waals surface area (Å²) in [4.78, 5) is 0. The van der Waals surface area contributed by atoms with Crippen molar-refractivity contribution in [2.24, 2.45) is 0 Å². The molecule has 0 bridgehead atoms. The first kappa shape index (κ1) is 14.5. The van der Waals surface area contributed by atoms with Gasteiger partial charge in [-0.25, -0.2) is 0 Å². The van der Waals surface area contributed by atoms with E-state index in [0.717, 1.165) is 6.61 Å². The first-order chi connectivity index (χ1) is 9.19. The van der Waals surface area contributed by atoms with Crippen LogP contribution in [0.25, 0.3) is 0 Å². The molecule has 2 nitrogen and oxygen atoms in total. The van der Waals surface area contributed by atoms with Gasteiger partial charge in [0.15, 0.2) is 0 Å². The maximum Gasteiger partial charge on any atom is 0.0720 e. The summed E-state index contributed by atoms with van der Waals surface area (Å²) in [5.41, 5.74) is 2.69. The van der Waals surface area contributed by atoms with Crippen LogP contribution in [0.2, 0.25) is 0 Å². The number of rotatable bonds is 5. The SMILES string of the molecule is CNC1CCC(OCc2ccc(C(C)C)cc2)CC1. The highest BCUT2D eigenvalue weighted by molar-refractivity contribution is 5.24. The van der Waals surface area contributed by atoms with Crippen LogP contribution in [0.3, 0.4) is 0 Å². The van der Waals surface area contributed by atoms with Crippen LogP contribution < -0.4 is 5.32 Å². The molecule has 2 rings (SSSR count). The van der Waals surface area contributed by atoms with Crippen LogP contribution in [0.1, 0.15) is 56.6 Å². The van der Waals surface area contributed by atoms with E-state index in [2.05, 4.69) is 50.5 Å². The maximum absolute atomic E-state index is 6.03. The molecular weight excluding hydrogens is 234 g/mol. The van der Waals surface area contributed by atoms with Crippen molar-refractivity contribution in [3.8, 4) is 0 Å². The molecule has 1 fully saturated rings. The lowest BCUT2D eigenvalue weighted by Gasteiger charge is -2.28. The van der Waals surface area contributed by atoms with Gasteiger partial charge in [0, 0.05) is 6.04 Å². The van der Waals surface area contributed by atoms with Gasteiger partial charge in [-0.15, -0.1) is 0 Å². The van der Waals surface area contributed by atoms with Crippen molar-refractivity contribution in [1.82, 2.24) is 5.32 Å². The highest BCUT2D eigenvalue weighted by Gasteiger charge is 2.20. The Kier molecular flexibility index (Phi) is 5.41. The molecule has 0 radical (unpaired) electrons. The lowest BCUT2D eigenvalue weighted by atomic mass is 9.93. The molecule has 1 aromatic carbocycles. The van der Waals surface area contributed by atoms with Crippen molar-refractivity contribution < 1.29 is 4.74 Å². The predicted molar refractivity (Wildman–Crippen MR) is 80.4 cm³/mol. The van der Waals surface area contributed by atoms with Crippen molar-refractivity contribution in [3.05, 3.63) is 35.4 Å². The van der Waals surface area contributed by atoms with Crippen LogP contribution in [0.15, 0.2) is 24.3 Å². The van der Waals surface area contributed by atoms with Crippen LogP contribution in [-0.4, -0.2) is 19.2 Å². The second-order valence-electron chi connectivity index (χ2n) is 5.97. The Hall–Kier alpha value is -0.860. The zero-order chi connectivity index (χ0) is 13.7. The highest BCUT2D eigenvalue weighted by Crippen LogP contribution is 2.22. The summed E-state index contributed by atoms with van der Waals surface area (Å²) in [6.45, 7) is 5.21. The van der Waals surface area contributed by atoms with Crippen LogP contribution in [-0.2, 0) is 11.3 Å². The number of benzene rings is 1. The molecule has 1 aliphatic carbocycles. The van der Waals surface area contributed by atoms with Crippen molar-refractivity contribution >= 4 is 0 Å². The molecule has 0 spiro atoms. The normalized spacial score (nSPS) is 23.8. The topological polar surface area (TPSA) is 21.3 Å². The standard InChI is InChI=1S/C17H27NO/c1-13(2)15-6-4-14(5-7-15)12-19-17-10-8-16(18-3)9-11-17/h4-7,13,16-18H,8-12H2,1-3H3. The first-order valence-corrected chi connectivity index (χ1v) is 7.56. The second-order valence-corrected chi connectivity index (χ2v) is 5.97. The molecule has 1 N–H and O–H groups in total. The minimum atomic E-state index is 0.453. The zero-order valence-electron chi connectivity index (χ0n) is 12.5. The van der Waals surface area contributed by atoms with Crippen molar-refractivity contribution in [2.45, 2.75) is 64.2 Å². The smallest absolute Gasteiger partial charge is 0.0720 e. The van der Waals surface area contributed by atoms with Gasteiger partial charge >= 0.3 is 0 Å². The molecule has 0 atom stereocenters. The van der Waals surface area contributed by atoms with Crippen LogP contribution in [0.5, 0.6) is 0 Å². The molecule has 2 heteroatoms. The van der Waals surface area contributed by atoms with Gasteiger partial charge in [0.1, 0.15) is 0 Å². The third-order valence-electron chi connectivity index (χ3n) is 4.21. The van der Waals surface area contributed by atoms with E-state index in [9.17, 15) is 0 Å². The maximum atomic E-state index is 6.03. The van der Waals surface area contributed by atoms with Crippen LogP contribution in [0.4, 0.5) is 0 Å². The van der Waals surface area contributed by atoms with Gasteiger partial charge in [0.05, 0.1) is 12.7 Å². The van der Waals surface area contributed by atoms with Crippen LogP contribution >= 0.6 is 0 Å². The third kappa shape index (κ3) is 4.32. The first-order valence-electron chi connectivity index (χ1n) is 7.56. The highest BCUT2D eigenvalue weighted by atomic mass is 16.5. The Bertz CT molecular complexity index is 363. The molecule has 19 heavy (non-hydrogen) atoms. The molecule has 106 valence electrons. The number of ether oxygens (including phenoxy) is 1. The molecule has 1 aliphatic rings. The van der Waals surface area contributed by atoms with Gasteiger partial charge in [-0.2, -0.15) is 0 Å². The molecule has 1 aromatic rings. The van der Waals surface area contributed by atoms with E-state index >= 15 is 0 Å². The molecule has 0 heterocycles. The van der Waals surface area contributed by atoms with Crippen molar-refractivity contribution in [2.75, 3.05) is 7.05 Å². The fourth-order valence-electron chi connectivity index (χ4n) is 2.73. The number of hydrogen-bond acceptors (Lipinski definition) is 2. The summed E-state index contributed by atoms with van der Waals surface area (Å²) >= 11 is 0. The van der Waals surface area contributed by atoms with Crippen LogP contribution in [0, 0.1) is 0 Å². The fourth-order valence-corrected chi connectivity index (χ4v) is 2.73. The summed E-state index contributed by atoms with van der Waals surface area (Å²) in [6, 6.07) is 9.55. The third-order valence-corrected chi connectivity index (χ3v) is 4.21. The van der Waals surface area contributed by atoms with Gasteiger partial charge in [0.2, 0.25) is 0 Å². The Morgan fingerprint density at radius 3 is 2.26 bits per heavy atom. The minimum absolute atomic E-state index is 0.453. The van der Waals surface area contributed by atoms with E-state index in [1.54, 1.807) is 0 Å². The molecule has 0 saturated heterocycles. The van der Waals surface area contributed by atoms with E-state index in [4.69, 9.17) is 4.74 Å². The monoisotopic (exact) mass is 261 g/mol. The van der Waals surface area contributed by atoms with Gasteiger partial charge < -0.3 is 10.1 Å². The largest absolute Gasteiger partial charge is 0.374 e. The molecular formula is C17H27NO. The lowest BCUT2D eigenvalue weighted by molar-refractivity contribution is 0.0118. The van der Waals surface area contributed by atoms with Gasteiger partial charge in [-0.3, -0.25) is 0 Å². The molecule has 0 aromatic heterocycles. The van der Waals surface area contributed by atoms with Gasteiger partial charge in [-0.1, -0.05) is 38.1 Å². The Labute approximate surface area is 117 Å². The second kappa shape index (κ2) is 7.06. The lowest BCUT2D eigenvalue weighted by Crippen LogP contribution is -2.32. The summed E-state index contributed by atoms with van der Waals surface area (Å²) in [5.74, 6) is 0.604. The molecule has 0 unspecified atom stereocenters. The van der Waals surface area contributed by atoms with Crippen molar-refractivity contribution in [3.63, 3.8) is 0 Å². The Balaban J connectivity index is 1.76. The number of hydrogen-bond donors (Lipinski definition) is 1. The van der Waals surface area contributed by atoms with Gasteiger partial charge in [-0.05, 0) is 49.8 Å². The van der Waals surface area contributed by atoms with E-state index in [0.29, 0.717) is 18.1 Å². The molecule has 0 aliphatic heterocycles. The molecule has 1 saturated carbocycles. The average molecular weight is 261 g/mol. The predicted octanol–water partition coefficient (Wildman–Crippen LogP) is 3.86. The fraction of sp³-hybridized carbons (Fsp3) is 0.647. The van der Waals surface area contributed by atoms with E-state index < -0.39 is 0 Å². The van der Waals surface area contributed by atoms with Crippen molar-refractivity contribution in [1.29, 1.82) is 0 Å². The Morgan fingerprint density at radius 1 is 1.11 bits per heavy atom. The van der Waals surface area contributed by atoms with E-state index in [-0.39, 0.29) is 0 Å². The van der Waals surface area contributed by atoms with Gasteiger partial charge in [0.25, 0.3) is 0 Å². The summed E-state index contributed by atoms with van der Waals surface area (Å²) in [6.07, 6.45) is 5.32. The summed E-state index contributed by atoms with van der Waals surface area (Å²) in [7, 11) is 2.06. The summed E-state index contributed by atoms with van der Waals surface area (Å²) in [5, 5.41) is 3.36. The number of nitrogens with one attached hydrogen (secondary N) is 1.